The first-order chi connectivity index (χ1) is 8.61. The third-order valence-electron chi connectivity index (χ3n) is 3.85. The van der Waals surface area contributed by atoms with E-state index in [0.717, 1.165) is 31.2 Å². The molecule has 1 aromatic rings. The SMILES string of the molecule is Cc1cccc(F)c1NCC1(O)CCCCCC1. The summed E-state index contributed by atoms with van der Waals surface area (Å²) in [5.74, 6) is -0.243. The molecule has 100 valence electrons. The number of para-hydroxylation sites is 1. The van der Waals surface area contributed by atoms with Gasteiger partial charge >= 0.3 is 0 Å². The highest BCUT2D eigenvalue weighted by Crippen LogP contribution is 2.28. The normalized spacial score (nSPS) is 19.3. The molecule has 2 rings (SSSR count). The van der Waals surface area contributed by atoms with E-state index >= 15 is 0 Å². The molecule has 0 radical (unpaired) electrons. The summed E-state index contributed by atoms with van der Waals surface area (Å²) in [5.41, 5.74) is 0.730. The minimum Gasteiger partial charge on any atom is -0.388 e. The highest BCUT2D eigenvalue weighted by atomic mass is 19.1. The lowest BCUT2D eigenvalue weighted by Crippen LogP contribution is -2.36. The summed E-state index contributed by atoms with van der Waals surface area (Å²) in [4.78, 5) is 0. The highest BCUT2D eigenvalue weighted by Gasteiger charge is 2.28. The van der Waals surface area contributed by atoms with Crippen molar-refractivity contribution in [2.24, 2.45) is 0 Å². The first kappa shape index (κ1) is 13.3. The molecule has 3 heteroatoms. The Hall–Kier alpha value is -1.09. The van der Waals surface area contributed by atoms with Crippen LogP contribution in [0, 0.1) is 12.7 Å². The van der Waals surface area contributed by atoms with Crippen molar-refractivity contribution in [3.63, 3.8) is 0 Å². The van der Waals surface area contributed by atoms with Crippen molar-refractivity contribution in [3.05, 3.63) is 29.6 Å². The van der Waals surface area contributed by atoms with Gasteiger partial charge in [-0.3, -0.25) is 0 Å². The van der Waals surface area contributed by atoms with Gasteiger partial charge in [0.1, 0.15) is 5.82 Å². The Morgan fingerprint density at radius 3 is 2.50 bits per heavy atom. The summed E-state index contributed by atoms with van der Waals surface area (Å²) in [7, 11) is 0. The maximum absolute atomic E-state index is 13.7. The number of benzene rings is 1. The van der Waals surface area contributed by atoms with E-state index in [-0.39, 0.29) is 5.82 Å². The summed E-state index contributed by atoms with van der Waals surface area (Å²) in [6, 6.07) is 5.03. The number of hydrogen-bond donors (Lipinski definition) is 2. The Balaban J connectivity index is 2.02. The minimum absolute atomic E-state index is 0.243. The number of rotatable bonds is 3. The fraction of sp³-hybridized carbons (Fsp3) is 0.600. The molecule has 1 aliphatic rings. The number of halogens is 1. The third-order valence-corrected chi connectivity index (χ3v) is 3.85. The molecule has 1 aliphatic carbocycles. The van der Waals surface area contributed by atoms with Crippen LogP contribution in [-0.2, 0) is 0 Å². The van der Waals surface area contributed by atoms with Gasteiger partial charge in [-0.2, -0.15) is 0 Å². The van der Waals surface area contributed by atoms with E-state index in [9.17, 15) is 9.50 Å². The standard InChI is InChI=1S/C15H22FNO/c1-12-7-6-8-13(16)14(12)17-11-15(18)9-4-2-3-5-10-15/h6-8,17-18H,2-5,9-11H2,1H3. The summed E-state index contributed by atoms with van der Waals surface area (Å²) in [6.07, 6.45) is 6.14. The Labute approximate surface area is 108 Å². The van der Waals surface area contributed by atoms with Gasteiger partial charge in [-0.25, -0.2) is 4.39 Å². The van der Waals surface area contributed by atoms with Crippen molar-refractivity contribution in [1.29, 1.82) is 0 Å². The van der Waals surface area contributed by atoms with Crippen LogP contribution in [0.15, 0.2) is 18.2 Å². The van der Waals surface area contributed by atoms with Gasteiger partial charge in [0.25, 0.3) is 0 Å². The Morgan fingerprint density at radius 1 is 1.22 bits per heavy atom. The van der Waals surface area contributed by atoms with Gasteiger partial charge in [-0.1, -0.05) is 37.8 Å². The highest BCUT2D eigenvalue weighted by molar-refractivity contribution is 5.51. The van der Waals surface area contributed by atoms with Gasteiger partial charge in [0.05, 0.1) is 11.3 Å². The second kappa shape index (κ2) is 5.70. The molecule has 0 saturated heterocycles. The van der Waals surface area contributed by atoms with Gasteiger partial charge in [-0.15, -0.1) is 0 Å². The van der Waals surface area contributed by atoms with Crippen LogP contribution >= 0.6 is 0 Å². The molecule has 1 aromatic carbocycles. The fourth-order valence-electron chi connectivity index (χ4n) is 2.67. The first-order valence-corrected chi connectivity index (χ1v) is 6.82. The fourth-order valence-corrected chi connectivity index (χ4v) is 2.67. The minimum atomic E-state index is -0.675. The maximum atomic E-state index is 13.7. The molecule has 0 unspecified atom stereocenters. The van der Waals surface area contributed by atoms with Crippen LogP contribution in [0.1, 0.15) is 44.1 Å². The Morgan fingerprint density at radius 2 is 1.89 bits per heavy atom. The Kier molecular flexibility index (Phi) is 4.23. The lowest BCUT2D eigenvalue weighted by atomic mass is 9.94. The summed E-state index contributed by atoms with van der Waals surface area (Å²) in [5, 5.41) is 13.6. The van der Waals surface area contributed by atoms with E-state index < -0.39 is 5.60 Å². The van der Waals surface area contributed by atoms with Crippen molar-refractivity contribution in [2.45, 2.75) is 51.0 Å². The van der Waals surface area contributed by atoms with Gasteiger partial charge < -0.3 is 10.4 Å². The van der Waals surface area contributed by atoms with Crippen LogP contribution in [0.5, 0.6) is 0 Å². The second-order valence-corrected chi connectivity index (χ2v) is 5.42. The van der Waals surface area contributed by atoms with Crippen LogP contribution in [0.25, 0.3) is 0 Å². The van der Waals surface area contributed by atoms with Crippen LogP contribution in [-0.4, -0.2) is 17.3 Å². The lowest BCUT2D eigenvalue weighted by Gasteiger charge is -2.27. The molecule has 18 heavy (non-hydrogen) atoms. The number of nitrogens with one attached hydrogen (secondary N) is 1. The van der Waals surface area contributed by atoms with Gasteiger partial charge in [0.2, 0.25) is 0 Å². The van der Waals surface area contributed by atoms with Crippen LogP contribution < -0.4 is 5.32 Å². The molecule has 1 saturated carbocycles. The van der Waals surface area contributed by atoms with Crippen molar-refractivity contribution >= 4 is 5.69 Å². The molecule has 1 fully saturated rings. The second-order valence-electron chi connectivity index (χ2n) is 5.42. The zero-order valence-electron chi connectivity index (χ0n) is 11.0. The first-order valence-electron chi connectivity index (χ1n) is 6.82. The van der Waals surface area contributed by atoms with Gasteiger partial charge in [0.15, 0.2) is 0 Å². The van der Waals surface area contributed by atoms with E-state index in [1.807, 2.05) is 13.0 Å². The molecule has 0 spiro atoms. The van der Waals surface area contributed by atoms with E-state index in [4.69, 9.17) is 0 Å². The van der Waals surface area contributed by atoms with E-state index in [2.05, 4.69) is 5.32 Å². The van der Waals surface area contributed by atoms with Gasteiger partial charge in [-0.05, 0) is 31.4 Å². The quantitative estimate of drug-likeness (QED) is 0.804. The molecular weight excluding hydrogens is 229 g/mol. The molecule has 0 aliphatic heterocycles. The van der Waals surface area contributed by atoms with Crippen molar-refractivity contribution in [1.82, 2.24) is 0 Å². The van der Waals surface area contributed by atoms with Crippen molar-refractivity contribution < 1.29 is 9.50 Å². The van der Waals surface area contributed by atoms with Crippen LogP contribution in [0.2, 0.25) is 0 Å². The number of aryl methyl sites for hydroxylation is 1. The van der Waals surface area contributed by atoms with E-state index in [1.165, 1.54) is 18.9 Å². The number of aliphatic hydroxyl groups is 1. The topological polar surface area (TPSA) is 32.3 Å². The largest absolute Gasteiger partial charge is 0.388 e. The molecule has 2 N–H and O–H groups in total. The predicted molar refractivity (Wildman–Crippen MR) is 72.3 cm³/mol. The Bertz CT molecular complexity index is 377. The van der Waals surface area contributed by atoms with Crippen molar-refractivity contribution in [3.8, 4) is 0 Å². The maximum Gasteiger partial charge on any atom is 0.146 e. The predicted octanol–water partition coefficient (Wildman–Crippen LogP) is 3.63. The van der Waals surface area contributed by atoms with E-state index in [1.54, 1.807) is 6.07 Å². The molecule has 0 aromatic heterocycles. The lowest BCUT2D eigenvalue weighted by molar-refractivity contribution is 0.0381. The van der Waals surface area contributed by atoms with Crippen LogP contribution in [0.4, 0.5) is 10.1 Å². The number of hydrogen-bond acceptors (Lipinski definition) is 2. The summed E-state index contributed by atoms with van der Waals surface area (Å²) >= 11 is 0. The smallest absolute Gasteiger partial charge is 0.146 e. The zero-order chi connectivity index (χ0) is 13.0. The summed E-state index contributed by atoms with van der Waals surface area (Å²) in [6.45, 7) is 2.32. The molecule has 0 amide bonds. The van der Waals surface area contributed by atoms with Crippen molar-refractivity contribution in [2.75, 3.05) is 11.9 Å². The average Bonchev–Trinajstić information content (AvgIpc) is 2.54. The monoisotopic (exact) mass is 251 g/mol. The summed E-state index contributed by atoms with van der Waals surface area (Å²) < 4.78 is 13.7. The van der Waals surface area contributed by atoms with E-state index in [0.29, 0.717) is 12.2 Å². The number of anilines is 1. The molecule has 0 atom stereocenters. The van der Waals surface area contributed by atoms with Crippen LogP contribution in [0.3, 0.4) is 0 Å². The third kappa shape index (κ3) is 3.22. The molecule has 2 nitrogen and oxygen atoms in total. The average molecular weight is 251 g/mol. The van der Waals surface area contributed by atoms with Gasteiger partial charge in [0, 0.05) is 6.54 Å². The zero-order valence-corrected chi connectivity index (χ0v) is 11.0. The molecule has 0 bridgehead atoms. The molecule has 0 heterocycles. The molecular formula is C15H22FNO.